The van der Waals surface area contributed by atoms with Crippen LogP contribution in [0.5, 0.6) is 0 Å². The Bertz CT molecular complexity index is 244. The molecule has 2 nitrogen and oxygen atoms in total. The fraction of sp³-hybridized carbons (Fsp3) is 0.400. The first-order chi connectivity index (χ1) is 5.54. The summed E-state index contributed by atoms with van der Waals surface area (Å²) in [5.74, 6) is 0. The van der Waals surface area contributed by atoms with E-state index in [1.807, 2.05) is 38.1 Å². The number of hydrogen-bond acceptors (Lipinski definition) is 2. The van der Waals surface area contributed by atoms with E-state index >= 15 is 0 Å². The molecule has 0 amide bonds. The van der Waals surface area contributed by atoms with Gasteiger partial charge in [-0.2, -0.15) is 0 Å². The topological polar surface area (TPSA) is 52.0 Å². The van der Waals surface area contributed by atoms with Crippen LogP contribution in [0, 0.1) is 0 Å². The maximum absolute atomic E-state index is 5.92. The molecule has 0 aromatic heterocycles. The van der Waals surface area contributed by atoms with Gasteiger partial charge in [-0.15, -0.1) is 0 Å². The molecule has 0 heterocycles. The van der Waals surface area contributed by atoms with Crippen molar-refractivity contribution in [3.8, 4) is 0 Å². The molecule has 0 aliphatic heterocycles. The van der Waals surface area contributed by atoms with Gasteiger partial charge in [-0.25, -0.2) is 0 Å². The van der Waals surface area contributed by atoms with Gasteiger partial charge in [0.25, 0.3) is 0 Å². The van der Waals surface area contributed by atoms with E-state index in [0.717, 1.165) is 11.1 Å². The molecule has 0 saturated heterocycles. The molecule has 0 atom stereocenters. The molecule has 12 heavy (non-hydrogen) atoms. The minimum atomic E-state index is -0.257. The van der Waals surface area contributed by atoms with Gasteiger partial charge in [0.15, 0.2) is 0 Å². The Morgan fingerprint density at radius 1 is 1.17 bits per heavy atom. The van der Waals surface area contributed by atoms with Gasteiger partial charge in [0, 0.05) is 12.1 Å². The second-order valence-corrected chi connectivity index (χ2v) is 3.62. The Hall–Kier alpha value is -0.860. The molecule has 0 radical (unpaired) electrons. The van der Waals surface area contributed by atoms with Crippen LogP contribution in [0.1, 0.15) is 25.0 Å². The SMILES string of the molecule is CC(C)(N)c1ccc(CN)cc1. The predicted octanol–water partition coefficient (Wildman–Crippen LogP) is 1.34. The van der Waals surface area contributed by atoms with E-state index < -0.39 is 0 Å². The molecule has 4 N–H and O–H groups in total. The van der Waals surface area contributed by atoms with Crippen molar-refractivity contribution < 1.29 is 0 Å². The molecule has 0 fully saturated rings. The summed E-state index contributed by atoms with van der Waals surface area (Å²) in [5.41, 5.74) is 13.4. The second kappa shape index (κ2) is 3.25. The lowest BCUT2D eigenvalue weighted by atomic mass is 9.95. The standard InChI is InChI=1S/C10H16N2/c1-10(2,12)9-5-3-8(7-11)4-6-9/h3-6H,7,11-12H2,1-2H3. The molecular formula is C10H16N2. The smallest absolute Gasteiger partial charge is 0.0352 e. The molecule has 1 aromatic carbocycles. The summed E-state index contributed by atoms with van der Waals surface area (Å²) in [6.45, 7) is 4.57. The maximum Gasteiger partial charge on any atom is 0.0352 e. The molecule has 1 aromatic rings. The zero-order valence-electron chi connectivity index (χ0n) is 7.67. The van der Waals surface area contributed by atoms with E-state index in [9.17, 15) is 0 Å². The van der Waals surface area contributed by atoms with Gasteiger partial charge in [0.05, 0.1) is 0 Å². The first-order valence-corrected chi connectivity index (χ1v) is 4.12. The van der Waals surface area contributed by atoms with Gasteiger partial charge in [0.1, 0.15) is 0 Å². The van der Waals surface area contributed by atoms with Crippen molar-refractivity contribution in [3.05, 3.63) is 35.4 Å². The lowest BCUT2D eigenvalue weighted by Crippen LogP contribution is -2.28. The van der Waals surface area contributed by atoms with Crippen LogP contribution in [0.4, 0.5) is 0 Å². The first kappa shape index (κ1) is 9.23. The number of hydrogen-bond donors (Lipinski definition) is 2. The normalized spacial score (nSPS) is 11.7. The lowest BCUT2D eigenvalue weighted by Gasteiger charge is -2.19. The van der Waals surface area contributed by atoms with Gasteiger partial charge < -0.3 is 11.5 Å². The predicted molar refractivity (Wildman–Crippen MR) is 51.5 cm³/mol. The fourth-order valence-corrected chi connectivity index (χ4v) is 1.07. The van der Waals surface area contributed by atoms with Crippen LogP contribution >= 0.6 is 0 Å². The summed E-state index contributed by atoms with van der Waals surface area (Å²) >= 11 is 0. The Morgan fingerprint density at radius 2 is 1.67 bits per heavy atom. The van der Waals surface area contributed by atoms with E-state index in [1.165, 1.54) is 0 Å². The highest BCUT2D eigenvalue weighted by Crippen LogP contribution is 2.16. The van der Waals surface area contributed by atoms with E-state index in [1.54, 1.807) is 0 Å². The summed E-state index contributed by atoms with van der Waals surface area (Å²) in [6, 6.07) is 8.10. The van der Waals surface area contributed by atoms with E-state index in [-0.39, 0.29) is 5.54 Å². The first-order valence-electron chi connectivity index (χ1n) is 4.12. The van der Waals surface area contributed by atoms with Crippen LogP contribution in [-0.4, -0.2) is 0 Å². The van der Waals surface area contributed by atoms with E-state index in [2.05, 4.69) is 0 Å². The van der Waals surface area contributed by atoms with Gasteiger partial charge in [0.2, 0.25) is 0 Å². The maximum atomic E-state index is 5.92. The van der Waals surface area contributed by atoms with Gasteiger partial charge in [-0.3, -0.25) is 0 Å². The molecular weight excluding hydrogens is 148 g/mol. The van der Waals surface area contributed by atoms with Gasteiger partial charge in [-0.1, -0.05) is 24.3 Å². The van der Waals surface area contributed by atoms with E-state index in [4.69, 9.17) is 11.5 Å². The van der Waals surface area contributed by atoms with Crippen LogP contribution in [0.2, 0.25) is 0 Å². The second-order valence-electron chi connectivity index (χ2n) is 3.62. The van der Waals surface area contributed by atoms with Gasteiger partial charge in [-0.05, 0) is 25.0 Å². The molecule has 1 rings (SSSR count). The number of benzene rings is 1. The minimum absolute atomic E-state index is 0.257. The third-order valence-corrected chi connectivity index (χ3v) is 1.93. The number of rotatable bonds is 2. The molecule has 0 saturated carbocycles. The summed E-state index contributed by atoms with van der Waals surface area (Å²) in [6.07, 6.45) is 0. The quantitative estimate of drug-likeness (QED) is 0.693. The Labute approximate surface area is 73.6 Å². The summed E-state index contributed by atoms with van der Waals surface area (Å²) in [5, 5.41) is 0. The van der Waals surface area contributed by atoms with Crippen LogP contribution in [0.25, 0.3) is 0 Å². The van der Waals surface area contributed by atoms with Crippen molar-refractivity contribution in [2.24, 2.45) is 11.5 Å². The average Bonchev–Trinajstić information content (AvgIpc) is 2.03. The van der Waals surface area contributed by atoms with Crippen LogP contribution < -0.4 is 11.5 Å². The zero-order valence-corrected chi connectivity index (χ0v) is 7.67. The van der Waals surface area contributed by atoms with E-state index in [0.29, 0.717) is 6.54 Å². The molecule has 0 spiro atoms. The van der Waals surface area contributed by atoms with Crippen molar-refractivity contribution >= 4 is 0 Å². The van der Waals surface area contributed by atoms with Crippen LogP contribution in [0.3, 0.4) is 0 Å². The Kier molecular flexibility index (Phi) is 2.50. The van der Waals surface area contributed by atoms with Crippen LogP contribution in [0.15, 0.2) is 24.3 Å². The highest BCUT2D eigenvalue weighted by atomic mass is 14.7. The summed E-state index contributed by atoms with van der Waals surface area (Å²) in [7, 11) is 0. The average molecular weight is 164 g/mol. The van der Waals surface area contributed by atoms with Crippen LogP contribution in [-0.2, 0) is 12.1 Å². The highest BCUT2D eigenvalue weighted by Gasteiger charge is 2.12. The Balaban J connectivity index is 2.93. The molecule has 0 aliphatic carbocycles. The fourth-order valence-electron chi connectivity index (χ4n) is 1.07. The molecule has 2 heteroatoms. The number of nitrogens with two attached hydrogens (primary N) is 2. The molecule has 0 unspecified atom stereocenters. The lowest BCUT2D eigenvalue weighted by molar-refractivity contribution is 0.554. The van der Waals surface area contributed by atoms with Crippen molar-refractivity contribution in [1.82, 2.24) is 0 Å². The molecule has 66 valence electrons. The monoisotopic (exact) mass is 164 g/mol. The molecule has 0 bridgehead atoms. The van der Waals surface area contributed by atoms with Crippen molar-refractivity contribution in [2.45, 2.75) is 25.9 Å². The summed E-state index contributed by atoms with van der Waals surface area (Å²) in [4.78, 5) is 0. The minimum Gasteiger partial charge on any atom is -0.326 e. The largest absolute Gasteiger partial charge is 0.326 e. The zero-order chi connectivity index (χ0) is 9.19. The van der Waals surface area contributed by atoms with Crippen molar-refractivity contribution in [1.29, 1.82) is 0 Å². The third-order valence-electron chi connectivity index (χ3n) is 1.93. The highest BCUT2D eigenvalue weighted by molar-refractivity contribution is 5.26. The third kappa shape index (κ3) is 2.06. The molecule has 0 aliphatic rings. The summed E-state index contributed by atoms with van der Waals surface area (Å²) < 4.78 is 0. The Morgan fingerprint density at radius 3 is 2.00 bits per heavy atom. The van der Waals surface area contributed by atoms with Crippen molar-refractivity contribution in [2.75, 3.05) is 0 Å². The van der Waals surface area contributed by atoms with Crippen molar-refractivity contribution in [3.63, 3.8) is 0 Å². The van der Waals surface area contributed by atoms with Gasteiger partial charge >= 0.3 is 0 Å².